The maximum Gasteiger partial charge on any atom is 0.339 e. The van der Waals surface area contributed by atoms with Crippen LogP contribution in [-0.4, -0.2) is 54.4 Å². The topological polar surface area (TPSA) is 82.0 Å². The van der Waals surface area contributed by atoms with Gasteiger partial charge in [-0.05, 0) is 6.07 Å². The summed E-state index contributed by atoms with van der Waals surface area (Å²) in [4.78, 5) is 13.3. The van der Waals surface area contributed by atoms with E-state index >= 15 is 0 Å². The predicted octanol–water partition coefficient (Wildman–Crippen LogP) is 0.504. The molecule has 1 saturated heterocycles. The Morgan fingerprint density at radius 1 is 1.42 bits per heavy atom. The Kier molecular flexibility index (Phi) is 4.24. The van der Waals surface area contributed by atoms with Crippen molar-refractivity contribution >= 4 is 5.97 Å². The molecule has 0 radical (unpaired) electrons. The van der Waals surface area contributed by atoms with E-state index in [9.17, 15) is 9.90 Å². The van der Waals surface area contributed by atoms with Gasteiger partial charge in [-0.3, -0.25) is 4.90 Å². The number of ether oxygens (including phenoxy) is 1. The molecule has 0 aliphatic carbocycles. The average molecular weight is 266 g/mol. The van der Waals surface area contributed by atoms with Gasteiger partial charge < -0.3 is 20.3 Å². The highest BCUT2D eigenvalue weighted by Gasteiger charge is 2.18. The molecule has 0 amide bonds. The maximum atomic E-state index is 11.0. The number of carboxylic acids is 1. The molecule has 0 spiro atoms. The van der Waals surface area contributed by atoms with Gasteiger partial charge in [0, 0.05) is 44.4 Å². The number of aromatic hydroxyl groups is 1. The first kappa shape index (κ1) is 13.6. The molecule has 0 atom stereocenters. The van der Waals surface area contributed by atoms with E-state index in [-0.39, 0.29) is 11.3 Å². The summed E-state index contributed by atoms with van der Waals surface area (Å²) in [5.74, 6) is -0.892. The summed E-state index contributed by atoms with van der Waals surface area (Å²) in [5, 5.41) is 21.9. The van der Waals surface area contributed by atoms with E-state index in [1.807, 2.05) is 0 Å². The number of rotatable bonds is 4. The molecule has 0 bridgehead atoms. The summed E-state index contributed by atoms with van der Waals surface area (Å²) >= 11 is 0. The standard InChI is InChI=1S/C13H18N2O4/c1-19-12-7-11(16)10(13(17)18)6-9(12)8-15-4-2-14-3-5-15/h6-7,14,16H,2-5,8H2,1H3,(H,17,18). The third-order valence-corrected chi connectivity index (χ3v) is 3.23. The molecule has 104 valence electrons. The largest absolute Gasteiger partial charge is 0.507 e. The van der Waals surface area contributed by atoms with Crippen LogP contribution in [-0.2, 0) is 6.54 Å². The van der Waals surface area contributed by atoms with Gasteiger partial charge in [-0.25, -0.2) is 4.79 Å². The minimum Gasteiger partial charge on any atom is -0.507 e. The lowest BCUT2D eigenvalue weighted by atomic mass is 10.1. The number of benzene rings is 1. The van der Waals surface area contributed by atoms with Crippen molar-refractivity contribution in [2.75, 3.05) is 33.3 Å². The average Bonchev–Trinajstić information content (AvgIpc) is 2.41. The number of aromatic carboxylic acids is 1. The SMILES string of the molecule is COc1cc(O)c(C(=O)O)cc1CN1CCNCC1. The predicted molar refractivity (Wildman–Crippen MR) is 69.8 cm³/mol. The van der Waals surface area contributed by atoms with Gasteiger partial charge in [0.2, 0.25) is 0 Å². The van der Waals surface area contributed by atoms with Crippen LogP contribution < -0.4 is 10.1 Å². The van der Waals surface area contributed by atoms with E-state index in [0.29, 0.717) is 12.3 Å². The van der Waals surface area contributed by atoms with Crippen molar-refractivity contribution in [2.45, 2.75) is 6.54 Å². The van der Waals surface area contributed by atoms with Crippen LogP contribution in [0, 0.1) is 0 Å². The zero-order valence-electron chi connectivity index (χ0n) is 10.8. The molecule has 1 aromatic carbocycles. The van der Waals surface area contributed by atoms with Gasteiger partial charge in [0.15, 0.2) is 0 Å². The zero-order chi connectivity index (χ0) is 13.8. The number of carboxylic acid groups (broad SMARTS) is 1. The fraction of sp³-hybridized carbons (Fsp3) is 0.462. The van der Waals surface area contributed by atoms with Crippen LogP contribution in [0.25, 0.3) is 0 Å². The third-order valence-electron chi connectivity index (χ3n) is 3.23. The Balaban J connectivity index is 2.26. The van der Waals surface area contributed by atoms with Gasteiger partial charge in [-0.2, -0.15) is 0 Å². The molecule has 0 saturated carbocycles. The molecule has 1 aliphatic rings. The van der Waals surface area contributed by atoms with Crippen LogP contribution in [0.2, 0.25) is 0 Å². The number of phenols is 1. The fourth-order valence-electron chi connectivity index (χ4n) is 2.21. The molecule has 19 heavy (non-hydrogen) atoms. The van der Waals surface area contributed by atoms with Crippen LogP contribution in [0.1, 0.15) is 15.9 Å². The molecule has 1 aromatic rings. The highest BCUT2D eigenvalue weighted by molar-refractivity contribution is 5.91. The number of hydrogen-bond donors (Lipinski definition) is 3. The van der Waals surface area contributed by atoms with Gasteiger partial charge in [-0.15, -0.1) is 0 Å². The number of nitrogens with one attached hydrogen (secondary N) is 1. The lowest BCUT2D eigenvalue weighted by Crippen LogP contribution is -2.42. The molecule has 1 aliphatic heterocycles. The highest BCUT2D eigenvalue weighted by Crippen LogP contribution is 2.29. The number of hydrogen-bond acceptors (Lipinski definition) is 5. The van der Waals surface area contributed by atoms with Crippen molar-refractivity contribution in [3.63, 3.8) is 0 Å². The van der Waals surface area contributed by atoms with Crippen LogP contribution in [0.15, 0.2) is 12.1 Å². The summed E-state index contributed by atoms with van der Waals surface area (Å²) in [6, 6.07) is 2.85. The summed E-state index contributed by atoms with van der Waals surface area (Å²) in [7, 11) is 1.51. The molecule has 6 nitrogen and oxygen atoms in total. The van der Waals surface area contributed by atoms with E-state index < -0.39 is 5.97 Å². The number of piperazine rings is 1. The first-order valence-electron chi connectivity index (χ1n) is 6.18. The Morgan fingerprint density at radius 2 is 2.11 bits per heavy atom. The van der Waals surface area contributed by atoms with Crippen molar-refractivity contribution in [1.29, 1.82) is 0 Å². The normalized spacial score (nSPS) is 16.3. The maximum absolute atomic E-state index is 11.0. The van der Waals surface area contributed by atoms with Gasteiger partial charge in [0.25, 0.3) is 0 Å². The van der Waals surface area contributed by atoms with E-state index in [1.54, 1.807) is 0 Å². The Morgan fingerprint density at radius 3 is 2.68 bits per heavy atom. The molecule has 3 N–H and O–H groups in total. The zero-order valence-corrected chi connectivity index (χ0v) is 10.8. The Labute approximate surface area is 111 Å². The number of carbonyl (C=O) groups is 1. The Hall–Kier alpha value is -1.79. The Bertz CT molecular complexity index is 470. The second-order valence-corrected chi connectivity index (χ2v) is 4.51. The van der Waals surface area contributed by atoms with Gasteiger partial charge in [0.05, 0.1) is 7.11 Å². The van der Waals surface area contributed by atoms with Crippen molar-refractivity contribution in [3.8, 4) is 11.5 Å². The molecule has 0 aromatic heterocycles. The smallest absolute Gasteiger partial charge is 0.339 e. The van der Waals surface area contributed by atoms with Crippen molar-refractivity contribution < 1.29 is 19.7 Å². The number of nitrogens with zero attached hydrogens (tertiary/aromatic N) is 1. The van der Waals surface area contributed by atoms with Gasteiger partial charge in [0.1, 0.15) is 17.1 Å². The van der Waals surface area contributed by atoms with E-state index in [1.165, 1.54) is 19.2 Å². The second-order valence-electron chi connectivity index (χ2n) is 4.51. The molecule has 1 fully saturated rings. The van der Waals surface area contributed by atoms with Crippen LogP contribution in [0.4, 0.5) is 0 Å². The fourth-order valence-corrected chi connectivity index (χ4v) is 2.21. The first-order chi connectivity index (χ1) is 9.11. The molecule has 6 heteroatoms. The summed E-state index contributed by atoms with van der Waals surface area (Å²) in [6.45, 7) is 4.28. The lowest BCUT2D eigenvalue weighted by Gasteiger charge is -2.27. The van der Waals surface area contributed by atoms with E-state index in [4.69, 9.17) is 9.84 Å². The summed E-state index contributed by atoms with van der Waals surface area (Å²) in [6.07, 6.45) is 0. The van der Waals surface area contributed by atoms with Crippen molar-refractivity contribution in [1.82, 2.24) is 10.2 Å². The van der Waals surface area contributed by atoms with Crippen LogP contribution in [0.5, 0.6) is 11.5 Å². The minimum atomic E-state index is -1.14. The quantitative estimate of drug-likeness (QED) is 0.736. The molecular weight excluding hydrogens is 248 g/mol. The first-order valence-corrected chi connectivity index (χ1v) is 6.18. The van der Waals surface area contributed by atoms with E-state index in [0.717, 1.165) is 31.7 Å². The van der Waals surface area contributed by atoms with Gasteiger partial charge >= 0.3 is 5.97 Å². The number of methoxy groups -OCH3 is 1. The molecule has 1 heterocycles. The van der Waals surface area contributed by atoms with Crippen molar-refractivity contribution in [2.24, 2.45) is 0 Å². The minimum absolute atomic E-state index is 0.0917. The molecule has 2 rings (SSSR count). The van der Waals surface area contributed by atoms with Crippen LogP contribution >= 0.6 is 0 Å². The lowest BCUT2D eigenvalue weighted by molar-refractivity contribution is 0.0693. The summed E-state index contributed by atoms with van der Waals surface area (Å²) in [5.41, 5.74) is 0.686. The van der Waals surface area contributed by atoms with E-state index in [2.05, 4.69) is 10.2 Å². The van der Waals surface area contributed by atoms with Crippen molar-refractivity contribution in [3.05, 3.63) is 23.3 Å². The second kappa shape index (κ2) is 5.90. The molecule has 0 unspecified atom stereocenters. The monoisotopic (exact) mass is 266 g/mol. The highest BCUT2D eigenvalue weighted by atomic mass is 16.5. The molecular formula is C13H18N2O4. The summed E-state index contributed by atoms with van der Waals surface area (Å²) < 4.78 is 5.21. The van der Waals surface area contributed by atoms with Crippen LogP contribution in [0.3, 0.4) is 0 Å². The third kappa shape index (κ3) is 3.15. The van der Waals surface area contributed by atoms with Gasteiger partial charge in [-0.1, -0.05) is 0 Å².